The summed E-state index contributed by atoms with van der Waals surface area (Å²) < 4.78 is 66.1. The molecule has 2 aromatic rings. The molecule has 0 aliphatic rings. The van der Waals surface area contributed by atoms with Crippen LogP contribution in [0.2, 0.25) is 0 Å². The first kappa shape index (κ1) is 15.1. The maximum absolute atomic E-state index is 12.3. The third-order valence-corrected chi connectivity index (χ3v) is 2.46. The summed E-state index contributed by atoms with van der Waals surface area (Å²) in [4.78, 5) is 0. The number of phenols is 1. The van der Waals surface area contributed by atoms with Gasteiger partial charge in [-0.1, -0.05) is 0 Å². The lowest BCUT2D eigenvalue weighted by molar-refractivity contribution is -0.274. The van der Waals surface area contributed by atoms with E-state index in [1.807, 2.05) is 0 Å². The first-order valence-electron chi connectivity index (χ1n) is 5.64. The van der Waals surface area contributed by atoms with Crippen LogP contribution in [0.4, 0.5) is 22.0 Å². The predicted molar refractivity (Wildman–Crippen MR) is 62.0 cm³/mol. The topological polar surface area (TPSA) is 47.3 Å². The molecule has 0 aliphatic carbocycles. The molecule has 4 nitrogen and oxygen atoms in total. The highest BCUT2D eigenvalue weighted by Crippen LogP contribution is 2.36. The number of nitrogens with zero attached hydrogens (tertiary/aromatic N) is 2. The minimum Gasteiger partial charge on any atom is -0.508 e. The molecule has 114 valence electrons. The van der Waals surface area contributed by atoms with Gasteiger partial charge in [0, 0.05) is 23.4 Å². The van der Waals surface area contributed by atoms with Crippen LogP contribution < -0.4 is 4.74 Å². The summed E-state index contributed by atoms with van der Waals surface area (Å²) in [6.07, 6.45) is -5.27. The van der Waals surface area contributed by atoms with Gasteiger partial charge < -0.3 is 9.84 Å². The van der Waals surface area contributed by atoms with Crippen LogP contribution in [0.15, 0.2) is 30.6 Å². The summed E-state index contributed by atoms with van der Waals surface area (Å²) >= 11 is 0. The number of benzene rings is 1. The van der Waals surface area contributed by atoms with Crippen molar-refractivity contribution >= 4 is 0 Å². The number of halogens is 5. The molecule has 0 unspecified atom stereocenters. The number of aromatic hydroxyl groups is 1. The monoisotopic (exact) mass is 308 g/mol. The molecule has 21 heavy (non-hydrogen) atoms. The molecular formula is C12H9F5N2O2. The zero-order chi connectivity index (χ0) is 15.6. The molecule has 9 heteroatoms. The summed E-state index contributed by atoms with van der Waals surface area (Å²) in [5.74, 6) is -1.06. The zero-order valence-electron chi connectivity index (χ0n) is 10.3. The first-order valence-corrected chi connectivity index (χ1v) is 5.64. The van der Waals surface area contributed by atoms with Crippen LogP contribution in [0.3, 0.4) is 0 Å². The van der Waals surface area contributed by atoms with Crippen molar-refractivity contribution in [2.24, 2.45) is 0 Å². The molecule has 0 amide bonds. The Morgan fingerprint density at radius 1 is 1.29 bits per heavy atom. The molecule has 1 heterocycles. The van der Waals surface area contributed by atoms with Crippen LogP contribution in [0.25, 0.3) is 11.1 Å². The van der Waals surface area contributed by atoms with Crippen LogP contribution in [-0.2, 0) is 6.54 Å². The summed E-state index contributed by atoms with van der Waals surface area (Å²) in [5.41, 5.74) is 0.139. The standard InChI is InChI=1S/C12H9F5N2O2/c13-11(14)6-19-5-7(4-18-19)9-2-1-8(20)3-10(9)21-12(15,16)17/h1-5,11,20H,6H2. The van der Waals surface area contributed by atoms with Gasteiger partial charge in [0.15, 0.2) is 0 Å². The first-order chi connectivity index (χ1) is 9.74. The average Bonchev–Trinajstić information content (AvgIpc) is 2.74. The van der Waals surface area contributed by atoms with Gasteiger partial charge >= 0.3 is 6.36 Å². The van der Waals surface area contributed by atoms with Gasteiger partial charge in [0.1, 0.15) is 18.0 Å². The number of ether oxygens (including phenoxy) is 1. The van der Waals surface area contributed by atoms with E-state index in [9.17, 15) is 27.1 Å². The molecule has 0 saturated heterocycles. The van der Waals surface area contributed by atoms with Crippen LogP contribution in [0.1, 0.15) is 0 Å². The van der Waals surface area contributed by atoms with Gasteiger partial charge in [-0.05, 0) is 12.1 Å². The van der Waals surface area contributed by atoms with Crippen molar-refractivity contribution in [3.05, 3.63) is 30.6 Å². The predicted octanol–water partition coefficient (Wildman–Crippen LogP) is 3.42. The third kappa shape index (κ3) is 4.07. The molecule has 0 saturated carbocycles. The van der Waals surface area contributed by atoms with Crippen molar-refractivity contribution in [1.82, 2.24) is 9.78 Å². The van der Waals surface area contributed by atoms with Crippen LogP contribution in [0, 0.1) is 0 Å². The van der Waals surface area contributed by atoms with Gasteiger partial charge in [0.2, 0.25) is 0 Å². The molecule has 0 radical (unpaired) electrons. The van der Waals surface area contributed by atoms with Gasteiger partial charge in [0.25, 0.3) is 6.43 Å². The Bertz CT molecular complexity index is 624. The van der Waals surface area contributed by atoms with Crippen molar-refractivity contribution in [1.29, 1.82) is 0 Å². The second-order valence-corrected chi connectivity index (χ2v) is 4.07. The van der Waals surface area contributed by atoms with E-state index in [1.165, 1.54) is 12.3 Å². The third-order valence-electron chi connectivity index (χ3n) is 2.46. The Hall–Kier alpha value is -2.32. The second kappa shape index (κ2) is 5.58. The highest BCUT2D eigenvalue weighted by atomic mass is 19.4. The fourth-order valence-corrected chi connectivity index (χ4v) is 1.70. The molecule has 1 aromatic heterocycles. The molecule has 2 rings (SSSR count). The maximum Gasteiger partial charge on any atom is 0.573 e. The van der Waals surface area contributed by atoms with Gasteiger partial charge in [-0.25, -0.2) is 8.78 Å². The molecule has 0 fully saturated rings. The van der Waals surface area contributed by atoms with Gasteiger partial charge in [-0.15, -0.1) is 13.2 Å². The van der Waals surface area contributed by atoms with Gasteiger partial charge in [-0.3, -0.25) is 4.68 Å². The summed E-state index contributed by atoms with van der Waals surface area (Å²) in [5, 5.41) is 12.9. The minimum atomic E-state index is -4.94. The molecule has 0 spiro atoms. The van der Waals surface area contributed by atoms with E-state index in [4.69, 9.17) is 0 Å². The zero-order valence-corrected chi connectivity index (χ0v) is 10.3. The number of aromatic nitrogens is 2. The summed E-state index contributed by atoms with van der Waals surface area (Å²) in [6, 6.07) is 3.12. The number of hydrogen-bond acceptors (Lipinski definition) is 3. The lowest BCUT2D eigenvalue weighted by atomic mass is 10.1. The average molecular weight is 308 g/mol. The Labute approximate surface area is 115 Å². The fourth-order valence-electron chi connectivity index (χ4n) is 1.70. The minimum absolute atomic E-state index is 0.0226. The second-order valence-electron chi connectivity index (χ2n) is 4.07. The van der Waals surface area contributed by atoms with Crippen LogP contribution in [-0.4, -0.2) is 27.7 Å². The number of phenolic OH excluding ortho intramolecular Hbond substituents is 1. The van der Waals surface area contributed by atoms with Crippen molar-refractivity contribution in [3.8, 4) is 22.6 Å². The van der Waals surface area contributed by atoms with E-state index >= 15 is 0 Å². The fraction of sp³-hybridized carbons (Fsp3) is 0.250. The van der Waals surface area contributed by atoms with Gasteiger partial charge in [0.05, 0.1) is 6.20 Å². The van der Waals surface area contributed by atoms with Crippen LogP contribution >= 0.6 is 0 Å². The molecule has 1 aromatic carbocycles. The quantitative estimate of drug-likeness (QED) is 0.880. The lowest BCUT2D eigenvalue weighted by Gasteiger charge is -2.12. The van der Waals surface area contributed by atoms with E-state index in [0.717, 1.165) is 23.0 Å². The molecular weight excluding hydrogens is 299 g/mol. The maximum atomic E-state index is 12.3. The van der Waals surface area contributed by atoms with Crippen molar-refractivity contribution < 1.29 is 31.8 Å². The SMILES string of the molecule is Oc1ccc(-c2cnn(CC(F)F)c2)c(OC(F)(F)F)c1. The summed E-state index contributed by atoms with van der Waals surface area (Å²) in [7, 11) is 0. The number of alkyl halides is 5. The van der Waals surface area contributed by atoms with Crippen molar-refractivity contribution in [3.63, 3.8) is 0 Å². The Morgan fingerprint density at radius 2 is 2.00 bits per heavy atom. The van der Waals surface area contributed by atoms with Crippen LogP contribution in [0.5, 0.6) is 11.5 Å². The molecule has 1 N–H and O–H groups in total. The normalized spacial score (nSPS) is 11.9. The number of rotatable bonds is 4. The Balaban J connectivity index is 2.36. The van der Waals surface area contributed by atoms with Crippen molar-refractivity contribution in [2.75, 3.05) is 0 Å². The Kier molecular flexibility index (Phi) is 4.01. The van der Waals surface area contributed by atoms with E-state index < -0.39 is 30.8 Å². The van der Waals surface area contributed by atoms with E-state index in [1.54, 1.807) is 0 Å². The van der Waals surface area contributed by atoms with E-state index in [0.29, 0.717) is 0 Å². The van der Waals surface area contributed by atoms with Crippen molar-refractivity contribution in [2.45, 2.75) is 19.3 Å². The summed E-state index contributed by atoms with van der Waals surface area (Å²) in [6.45, 7) is -0.673. The lowest BCUT2D eigenvalue weighted by Crippen LogP contribution is -2.17. The molecule has 0 atom stereocenters. The van der Waals surface area contributed by atoms with Gasteiger partial charge in [-0.2, -0.15) is 5.10 Å². The highest BCUT2D eigenvalue weighted by Gasteiger charge is 2.32. The molecule has 0 bridgehead atoms. The number of hydrogen-bond donors (Lipinski definition) is 1. The Morgan fingerprint density at radius 3 is 2.62 bits per heavy atom. The highest BCUT2D eigenvalue weighted by molar-refractivity contribution is 5.70. The molecule has 0 aliphatic heterocycles. The smallest absolute Gasteiger partial charge is 0.508 e. The van der Waals surface area contributed by atoms with E-state index in [-0.39, 0.29) is 11.1 Å². The largest absolute Gasteiger partial charge is 0.573 e. The van der Waals surface area contributed by atoms with E-state index in [2.05, 4.69) is 9.84 Å².